The van der Waals surface area contributed by atoms with Crippen molar-refractivity contribution in [3.63, 3.8) is 0 Å². The molecule has 0 atom stereocenters. The highest BCUT2D eigenvalue weighted by Gasteiger charge is 2.39. The third-order valence-electron chi connectivity index (χ3n) is 10.4. The van der Waals surface area contributed by atoms with E-state index in [4.69, 9.17) is 16.6 Å². The second-order valence-corrected chi connectivity index (χ2v) is 15.0. The molecule has 0 spiro atoms. The van der Waals surface area contributed by atoms with Crippen LogP contribution in [0.15, 0.2) is 107 Å². The number of likely N-dealkylation sites (N-methyl/N-ethyl adjacent to an activating group) is 2. The van der Waals surface area contributed by atoms with Gasteiger partial charge in [0.05, 0.1) is 27.6 Å². The number of pyridine rings is 5. The lowest BCUT2D eigenvalue weighted by atomic mass is 10.2. The second-order valence-electron chi connectivity index (χ2n) is 15.0. The number of carbonyl (C=O) groups is 6. The Bertz CT molecular complexity index is 3070. The molecule has 10 heterocycles. The number of ketones is 2. The smallest absolute Gasteiger partial charge is 0.300 e. The van der Waals surface area contributed by atoms with Crippen molar-refractivity contribution in [2.45, 2.75) is 47.2 Å². The summed E-state index contributed by atoms with van der Waals surface area (Å²) in [7, 11) is 4.85. The Morgan fingerprint density at radius 2 is 0.928 bits per heavy atom. The van der Waals surface area contributed by atoms with Crippen LogP contribution in [0.1, 0.15) is 68.4 Å². The van der Waals surface area contributed by atoms with E-state index in [-0.39, 0.29) is 61.2 Å². The largest absolute Gasteiger partial charge is 0.493 e. The van der Waals surface area contributed by atoms with Gasteiger partial charge in [-0.1, -0.05) is 7.43 Å². The lowest BCUT2D eigenvalue weighted by molar-refractivity contribution is -0.115. The number of carbonyl (C=O) groups excluding carboxylic acids is 6. The van der Waals surface area contributed by atoms with Gasteiger partial charge in [-0.25, -0.2) is 41.5 Å². The highest BCUT2D eigenvalue weighted by Crippen LogP contribution is 2.36. The molecule has 0 radical (unpaired) electrons. The van der Waals surface area contributed by atoms with Crippen LogP contribution in [-0.4, -0.2) is 113 Å². The molecule has 24 nitrogen and oxygen atoms in total. The molecule has 6 N–H and O–H groups in total. The summed E-state index contributed by atoms with van der Waals surface area (Å²) in [5, 5.41) is 21.7. The van der Waals surface area contributed by atoms with Gasteiger partial charge >= 0.3 is 5.91 Å². The van der Waals surface area contributed by atoms with Gasteiger partial charge in [-0.3, -0.25) is 52.9 Å². The van der Waals surface area contributed by atoms with Gasteiger partial charge < -0.3 is 10.6 Å². The molecule has 24 heteroatoms. The van der Waals surface area contributed by atoms with Crippen LogP contribution >= 0.6 is 0 Å². The van der Waals surface area contributed by atoms with Crippen molar-refractivity contribution in [3.05, 3.63) is 114 Å². The molecule has 0 aliphatic carbocycles. The number of nitrogens with zero attached hydrogens (tertiary/aromatic N) is 13. The summed E-state index contributed by atoms with van der Waals surface area (Å²) in [5.41, 5.74) is 20.2. The van der Waals surface area contributed by atoms with Gasteiger partial charge in [-0.2, -0.15) is 5.11 Å². The Labute approximate surface area is 395 Å². The summed E-state index contributed by atoms with van der Waals surface area (Å²) in [5.74, 6) is -0.499. The van der Waals surface area contributed by atoms with Crippen molar-refractivity contribution in [2.24, 2.45) is 22.4 Å². The zero-order valence-corrected chi connectivity index (χ0v) is 37.5. The first-order valence-corrected chi connectivity index (χ1v) is 20.1. The molecule has 4 amide bonds. The summed E-state index contributed by atoms with van der Waals surface area (Å²) in [4.78, 5) is 96.7. The number of hydrogen-bond donors (Lipinski definition) is 4. The second kappa shape index (κ2) is 21.9. The van der Waals surface area contributed by atoms with E-state index < -0.39 is 23.4 Å². The van der Waals surface area contributed by atoms with Crippen LogP contribution in [-0.2, 0) is 26.2 Å². The Kier molecular flexibility index (Phi) is 16.6. The van der Waals surface area contributed by atoms with Crippen molar-refractivity contribution in [1.29, 1.82) is 16.6 Å². The Morgan fingerprint density at radius 3 is 1.43 bits per heavy atom. The number of aromatic hydroxyl groups is 1. The van der Waals surface area contributed by atoms with E-state index in [1.54, 1.807) is 118 Å². The highest BCUT2D eigenvalue weighted by atomic mass is 16.3. The van der Waals surface area contributed by atoms with Crippen molar-refractivity contribution in [3.8, 4) is 5.88 Å². The van der Waals surface area contributed by atoms with E-state index in [0.29, 0.717) is 56.6 Å². The number of aryl methyl sites for hydroxylation is 1. The average Bonchev–Trinajstić information content (AvgIpc) is 4.02. The molecule has 358 valence electrons. The van der Waals surface area contributed by atoms with Crippen molar-refractivity contribution >= 4 is 86.6 Å². The number of nitrogens with one attached hydrogen (secondary N) is 3. The third-order valence-corrected chi connectivity index (χ3v) is 10.4. The number of anilines is 4. The molecule has 6 aromatic rings. The quantitative estimate of drug-likeness (QED) is 0.0999. The number of aromatic nitrogens is 6. The number of fused-ring (bicyclic) bond motifs is 5. The van der Waals surface area contributed by atoms with E-state index in [1.807, 2.05) is 27.7 Å². The molecule has 0 saturated carbocycles. The van der Waals surface area contributed by atoms with Gasteiger partial charge in [0.25, 0.3) is 29.3 Å². The summed E-state index contributed by atoms with van der Waals surface area (Å²) >= 11 is 0. The maximum absolute atomic E-state index is 12.8. The standard InChI is InChI=1S/C18H16N6O2.C10H10N2O2.C8H8N4O.C8H6N2O2.CH4.H2N2.H2O.H2/c1-10(2)24-16-12(7-5-9-20-16)14(18(24)26)22-21-13-11-6-4-8-19-15(11)23(3)17(13)25;1-6(2)12-9-7(4-3-5-11-9)8(13)10(12)14;1-12-7-5(3-2-4-10-7)6(11-9)8(12)13;1-10-7-5(3-2-4-9-7)6(11)8(10)12;;1-2;;/h4-10H,1-3H3;3-6H,1-2H3;2-4,9,13H,1H3;2-4H,1H3;1H4;1-2H;1H2;1H/b21-13-,22-14-;;;;;;;. The molecular formula is C45H50N16O8. The van der Waals surface area contributed by atoms with Gasteiger partial charge in [0.2, 0.25) is 5.88 Å². The summed E-state index contributed by atoms with van der Waals surface area (Å²) < 4.78 is 1.50. The molecule has 6 aromatic heterocycles. The van der Waals surface area contributed by atoms with Gasteiger partial charge in [0, 0.05) is 65.6 Å². The van der Waals surface area contributed by atoms with Crippen molar-refractivity contribution in [2.75, 3.05) is 33.7 Å². The van der Waals surface area contributed by atoms with Crippen LogP contribution in [0.4, 0.5) is 29.0 Å². The Balaban J connectivity index is 0.000000254. The number of hydrogen-bond acceptors (Lipinski definition) is 18. The van der Waals surface area contributed by atoms with Gasteiger partial charge in [0.1, 0.15) is 28.9 Å². The monoisotopic (exact) mass is 942 g/mol. The first-order chi connectivity index (χ1) is 32.1. The Hall–Kier alpha value is -9.19. The fraction of sp³-hybridized carbons (Fsp3) is 0.222. The van der Waals surface area contributed by atoms with E-state index in [9.17, 15) is 33.9 Å². The highest BCUT2D eigenvalue weighted by molar-refractivity contribution is 6.56. The van der Waals surface area contributed by atoms with Gasteiger partial charge in [-0.05, 0) is 88.4 Å². The lowest BCUT2D eigenvalue weighted by Crippen LogP contribution is -2.36. The number of rotatable bonds is 4. The van der Waals surface area contributed by atoms with Crippen molar-refractivity contribution in [1.82, 2.24) is 29.5 Å². The Morgan fingerprint density at radius 1 is 0.551 bits per heavy atom. The van der Waals surface area contributed by atoms with E-state index in [2.05, 4.69) is 40.2 Å². The first-order valence-electron chi connectivity index (χ1n) is 20.1. The molecule has 4 aliphatic heterocycles. The zero-order valence-electron chi connectivity index (χ0n) is 37.5. The molecule has 10 rings (SSSR count). The van der Waals surface area contributed by atoms with Crippen LogP contribution < -0.4 is 19.6 Å². The molecule has 0 fully saturated rings. The van der Waals surface area contributed by atoms with Crippen LogP contribution in [0.2, 0.25) is 0 Å². The normalized spacial score (nSPS) is 15.0. The fourth-order valence-corrected chi connectivity index (χ4v) is 7.20. The molecule has 69 heavy (non-hydrogen) atoms. The fourth-order valence-electron chi connectivity index (χ4n) is 7.20. The lowest BCUT2D eigenvalue weighted by Gasteiger charge is -2.19. The zero-order chi connectivity index (χ0) is 48.9. The molecule has 4 aliphatic rings. The van der Waals surface area contributed by atoms with Crippen LogP contribution in [0, 0.1) is 16.6 Å². The van der Waals surface area contributed by atoms with E-state index in [0.717, 1.165) is 0 Å². The van der Waals surface area contributed by atoms with Gasteiger partial charge in [-0.15, -0.1) is 10.2 Å². The summed E-state index contributed by atoms with van der Waals surface area (Å²) in [6.07, 6.45) is 8.02. The SMILES string of the molecule is C.CC(C)N1C(=O)/C(=N\N=C2/C(=O)N(C)c3ncccc32)c2cccnc21.CC(C)N1C(=O)C(=O)c2cccnc21.CN1C(=O)C(=O)c2cccnc21.Cn1c(O)c(N=N)c2cccnc21.N=N.O.[HH]. The molecule has 0 aromatic carbocycles. The van der Waals surface area contributed by atoms with E-state index >= 15 is 0 Å². The predicted molar refractivity (Wildman–Crippen MR) is 256 cm³/mol. The van der Waals surface area contributed by atoms with Gasteiger partial charge in [0.15, 0.2) is 17.1 Å². The summed E-state index contributed by atoms with van der Waals surface area (Å²) in [6, 6.07) is 17.0. The maximum Gasteiger partial charge on any atom is 0.300 e. The topological polar surface area (TPSA) is 345 Å². The van der Waals surface area contributed by atoms with Crippen LogP contribution in [0.25, 0.3) is 11.0 Å². The molecule has 0 unspecified atom stereocenters. The minimum absolute atomic E-state index is 0. The maximum atomic E-state index is 12.8. The molecular weight excluding hydrogens is 893 g/mol. The van der Waals surface area contributed by atoms with Crippen LogP contribution in [0.5, 0.6) is 5.88 Å². The summed E-state index contributed by atoms with van der Waals surface area (Å²) in [6.45, 7) is 7.52. The molecule has 0 bridgehead atoms. The minimum atomic E-state index is -0.510. The van der Waals surface area contributed by atoms with Crippen molar-refractivity contribution < 1.29 is 40.8 Å². The predicted octanol–water partition coefficient (Wildman–Crippen LogP) is 5.26. The number of Topliss-reactive ketones (excluding diaryl/α,β-unsaturated/α-hetero) is 2. The average molecular weight is 943 g/mol. The number of amides is 4. The third kappa shape index (κ3) is 9.57. The minimum Gasteiger partial charge on any atom is -0.493 e. The van der Waals surface area contributed by atoms with E-state index in [1.165, 1.54) is 19.3 Å². The van der Waals surface area contributed by atoms with Crippen LogP contribution in [0.3, 0.4) is 0 Å². The first kappa shape index (κ1) is 52.4. The molecule has 0 saturated heterocycles.